The number of esters is 4. The molecule has 0 amide bonds. The molecule has 0 spiro atoms. The first kappa shape index (κ1) is 97.1. The van der Waals surface area contributed by atoms with Gasteiger partial charge in [0, 0.05) is 25.7 Å². The third-order valence-electron chi connectivity index (χ3n) is 18.9. The summed E-state index contributed by atoms with van der Waals surface area (Å²) in [5.74, 6) is -2.10. The van der Waals surface area contributed by atoms with Gasteiger partial charge in [0.15, 0.2) is 12.2 Å². The molecule has 0 bridgehead atoms. The molecule has 0 aliphatic carbocycles. The number of aliphatic hydroxyl groups is 1. The van der Waals surface area contributed by atoms with Gasteiger partial charge in [-0.3, -0.25) is 37.3 Å². The number of unbranched alkanes of at least 4 members (excludes halogenated alkanes) is 55. The van der Waals surface area contributed by atoms with Gasteiger partial charge < -0.3 is 33.8 Å². The normalized spacial score (nSPS) is 13.8. The van der Waals surface area contributed by atoms with Crippen LogP contribution < -0.4 is 0 Å². The summed E-state index contributed by atoms with van der Waals surface area (Å²) in [5, 5.41) is 10.6. The minimum Gasteiger partial charge on any atom is -0.462 e. The minimum atomic E-state index is -4.96. The lowest BCUT2D eigenvalue weighted by Gasteiger charge is -2.21. The average molecular weight is 1450 g/mol. The maximum Gasteiger partial charge on any atom is 0.472 e. The quantitative estimate of drug-likeness (QED) is 0.0222. The Bertz CT molecular complexity index is 1880. The molecule has 0 aliphatic rings. The zero-order valence-electron chi connectivity index (χ0n) is 64.5. The summed E-state index contributed by atoms with van der Waals surface area (Å²) in [6, 6.07) is 0. The van der Waals surface area contributed by atoms with Crippen molar-refractivity contribution in [1.29, 1.82) is 0 Å². The Balaban J connectivity index is 5.26. The number of aliphatic hydroxyl groups excluding tert-OH is 1. The first-order chi connectivity index (χ1) is 48.2. The van der Waals surface area contributed by atoms with Crippen molar-refractivity contribution in [1.82, 2.24) is 0 Å². The van der Waals surface area contributed by atoms with Crippen LogP contribution in [0.25, 0.3) is 0 Å². The first-order valence-corrected chi connectivity index (χ1v) is 44.8. The molecule has 0 saturated heterocycles. The van der Waals surface area contributed by atoms with Gasteiger partial charge in [0.05, 0.1) is 26.4 Å². The summed E-state index contributed by atoms with van der Waals surface area (Å²) in [7, 11) is -9.92. The number of hydrogen-bond donors (Lipinski definition) is 3. The van der Waals surface area contributed by atoms with Crippen LogP contribution in [-0.2, 0) is 65.4 Å². The number of ether oxygens (including phenoxy) is 4. The summed E-state index contributed by atoms with van der Waals surface area (Å²) >= 11 is 0. The van der Waals surface area contributed by atoms with Crippen molar-refractivity contribution in [3.63, 3.8) is 0 Å². The maximum atomic E-state index is 13.1. The monoisotopic (exact) mass is 1450 g/mol. The van der Waals surface area contributed by atoms with Gasteiger partial charge in [0.25, 0.3) is 0 Å². The number of hydrogen-bond acceptors (Lipinski definition) is 15. The van der Waals surface area contributed by atoms with E-state index in [0.717, 1.165) is 89.9 Å². The lowest BCUT2D eigenvalue weighted by molar-refractivity contribution is -0.161. The Labute approximate surface area is 607 Å². The van der Waals surface area contributed by atoms with Gasteiger partial charge in [-0.25, -0.2) is 9.13 Å². The molecule has 19 heteroatoms. The van der Waals surface area contributed by atoms with E-state index < -0.39 is 97.5 Å². The molecule has 0 aromatic rings. The van der Waals surface area contributed by atoms with Gasteiger partial charge in [0.1, 0.15) is 19.3 Å². The van der Waals surface area contributed by atoms with Crippen LogP contribution in [0, 0.1) is 0 Å². The fraction of sp³-hybridized carbons (Fsp3) is 0.950. The zero-order chi connectivity index (χ0) is 72.5. The van der Waals surface area contributed by atoms with E-state index in [1.54, 1.807) is 0 Å². The second-order valence-electron chi connectivity index (χ2n) is 28.8. The lowest BCUT2D eigenvalue weighted by atomic mass is 10.0. The Morgan fingerprint density at radius 2 is 0.404 bits per heavy atom. The highest BCUT2D eigenvalue weighted by Crippen LogP contribution is 2.45. The van der Waals surface area contributed by atoms with E-state index in [1.165, 1.54) is 263 Å². The van der Waals surface area contributed by atoms with Crippen molar-refractivity contribution in [3.8, 4) is 0 Å². The van der Waals surface area contributed by atoms with Crippen LogP contribution in [0.1, 0.15) is 432 Å². The van der Waals surface area contributed by atoms with Gasteiger partial charge in [-0.15, -0.1) is 0 Å². The van der Waals surface area contributed by atoms with E-state index in [4.69, 9.17) is 37.0 Å². The molecular formula is C80H156O17P2. The van der Waals surface area contributed by atoms with Crippen molar-refractivity contribution in [2.75, 3.05) is 39.6 Å². The summed E-state index contributed by atoms with van der Waals surface area (Å²) in [6.45, 7) is 5.04. The van der Waals surface area contributed by atoms with Crippen molar-refractivity contribution in [2.24, 2.45) is 0 Å². The predicted octanol–water partition coefficient (Wildman–Crippen LogP) is 24.2. The molecule has 99 heavy (non-hydrogen) atoms. The van der Waals surface area contributed by atoms with Crippen LogP contribution in [0.2, 0.25) is 0 Å². The standard InChI is InChI=1S/C80H156O17P2/c1-5-9-13-17-21-25-29-33-37-41-44-48-52-56-60-64-77(82)90-70-75(96-79(84)66-62-58-54-50-46-40-36-32-28-24-20-16-12-8-4)72-94-98(86,87)92-68-74(81)69-93-99(88,89)95-73-76(97-80(85)67-63-59-55-51-47-43-39-35-31-27-23-19-15-11-7-3)71-91-78(83)65-61-57-53-49-45-42-38-34-30-26-22-18-14-10-6-2/h74-76,81H,5-73H2,1-4H3,(H,86,87)(H,88,89)/t74-,75+,76+/m0/s1. The number of phosphoric ester groups is 2. The first-order valence-electron chi connectivity index (χ1n) is 41.8. The molecule has 5 atom stereocenters. The molecule has 0 radical (unpaired) electrons. The van der Waals surface area contributed by atoms with Gasteiger partial charge in [-0.1, -0.05) is 381 Å². The molecule has 2 unspecified atom stereocenters. The Morgan fingerprint density at radius 1 is 0.242 bits per heavy atom. The summed E-state index contributed by atoms with van der Waals surface area (Å²) in [6.07, 6.45) is 66.3. The number of carbonyl (C=O) groups is 4. The van der Waals surface area contributed by atoms with Crippen LogP contribution in [-0.4, -0.2) is 96.7 Å². The van der Waals surface area contributed by atoms with E-state index >= 15 is 0 Å². The van der Waals surface area contributed by atoms with Crippen LogP contribution in [0.5, 0.6) is 0 Å². The van der Waals surface area contributed by atoms with Crippen LogP contribution >= 0.6 is 15.6 Å². The number of rotatable bonds is 81. The molecule has 17 nitrogen and oxygen atoms in total. The Hall–Kier alpha value is -1.94. The third kappa shape index (κ3) is 74.1. The van der Waals surface area contributed by atoms with Crippen LogP contribution in [0.4, 0.5) is 0 Å². The summed E-state index contributed by atoms with van der Waals surface area (Å²) in [5.41, 5.74) is 0. The van der Waals surface area contributed by atoms with Gasteiger partial charge in [-0.05, 0) is 25.7 Å². The molecule has 0 saturated carbocycles. The Morgan fingerprint density at radius 3 is 0.596 bits per heavy atom. The molecule has 3 N–H and O–H groups in total. The summed E-state index contributed by atoms with van der Waals surface area (Å²) in [4.78, 5) is 73.0. The van der Waals surface area contributed by atoms with Gasteiger partial charge >= 0.3 is 39.5 Å². The minimum absolute atomic E-state index is 0.109. The zero-order valence-corrected chi connectivity index (χ0v) is 66.3. The summed E-state index contributed by atoms with van der Waals surface area (Å²) < 4.78 is 68.7. The molecule has 0 aromatic carbocycles. The molecule has 588 valence electrons. The van der Waals surface area contributed by atoms with E-state index in [1.807, 2.05) is 0 Å². The molecule has 0 heterocycles. The number of phosphoric acid groups is 2. The van der Waals surface area contributed by atoms with E-state index in [0.29, 0.717) is 25.7 Å². The topological polar surface area (TPSA) is 237 Å². The number of carbonyl (C=O) groups excluding carboxylic acids is 4. The third-order valence-corrected chi connectivity index (χ3v) is 20.8. The van der Waals surface area contributed by atoms with Gasteiger partial charge in [-0.2, -0.15) is 0 Å². The highest BCUT2D eigenvalue weighted by atomic mass is 31.2. The van der Waals surface area contributed by atoms with Crippen molar-refractivity contribution >= 4 is 39.5 Å². The molecule has 0 aliphatic heterocycles. The predicted molar refractivity (Wildman–Crippen MR) is 405 cm³/mol. The lowest BCUT2D eigenvalue weighted by Crippen LogP contribution is -2.30. The molecular weight excluding hydrogens is 1290 g/mol. The largest absolute Gasteiger partial charge is 0.472 e. The SMILES string of the molecule is CCCCCCCCCCCCCCCCCC(=O)OC[C@H](COP(=O)(O)OC[C@H](O)COP(=O)(O)OC[C@@H](COC(=O)CCCCCCCCCCCCCCCCC)OC(=O)CCCCCCCCCCCCCCCCC)OC(=O)CCCCCCCCCCCCCCCC. The van der Waals surface area contributed by atoms with E-state index in [9.17, 15) is 43.2 Å². The van der Waals surface area contributed by atoms with Crippen molar-refractivity contribution in [2.45, 2.75) is 451 Å². The van der Waals surface area contributed by atoms with Crippen molar-refractivity contribution < 1.29 is 80.2 Å². The molecule has 0 aromatic heterocycles. The van der Waals surface area contributed by atoms with Crippen LogP contribution in [0.15, 0.2) is 0 Å². The smallest absolute Gasteiger partial charge is 0.462 e. The maximum absolute atomic E-state index is 13.1. The highest BCUT2D eigenvalue weighted by molar-refractivity contribution is 7.47. The Kier molecular flexibility index (Phi) is 72.9. The second kappa shape index (κ2) is 74.3. The fourth-order valence-corrected chi connectivity index (χ4v) is 14.0. The highest BCUT2D eigenvalue weighted by Gasteiger charge is 2.30. The molecule has 0 fully saturated rings. The van der Waals surface area contributed by atoms with Crippen molar-refractivity contribution in [3.05, 3.63) is 0 Å². The van der Waals surface area contributed by atoms with E-state index in [-0.39, 0.29) is 25.7 Å². The average Bonchev–Trinajstić information content (AvgIpc) is 0.972. The van der Waals surface area contributed by atoms with Gasteiger partial charge in [0.2, 0.25) is 0 Å². The molecule has 0 rings (SSSR count). The van der Waals surface area contributed by atoms with E-state index in [2.05, 4.69) is 27.7 Å². The van der Waals surface area contributed by atoms with Crippen LogP contribution in [0.3, 0.4) is 0 Å². The second-order valence-corrected chi connectivity index (χ2v) is 31.7. The fourth-order valence-electron chi connectivity index (χ4n) is 12.5.